The molecule has 0 aromatic carbocycles. The molecule has 1 saturated carbocycles. The predicted octanol–water partition coefficient (Wildman–Crippen LogP) is 0.976. The van der Waals surface area contributed by atoms with E-state index in [2.05, 4.69) is 11.8 Å². The number of rotatable bonds is 3. The smallest absolute Gasteiger partial charge is 0.0933 e. The Morgan fingerprint density at radius 3 is 2.83 bits per heavy atom. The maximum atomic E-state index is 9.22. The molecule has 0 spiro atoms. The number of aliphatic hydroxyl groups is 1. The molecule has 1 aliphatic carbocycles. The lowest BCUT2D eigenvalue weighted by molar-refractivity contribution is -0.0824. The summed E-state index contributed by atoms with van der Waals surface area (Å²) in [7, 11) is 0. The zero-order valence-electron chi connectivity index (χ0n) is 11.6. The lowest BCUT2D eigenvalue weighted by atomic mass is 9.94. The van der Waals surface area contributed by atoms with E-state index in [-0.39, 0.29) is 12.7 Å². The Kier molecular flexibility index (Phi) is 5.42. The Balaban J connectivity index is 1.89. The van der Waals surface area contributed by atoms with Crippen LogP contribution in [0.15, 0.2) is 0 Å². The maximum absolute atomic E-state index is 9.22. The molecule has 4 unspecified atom stereocenters. The molecule has 2 aliphatic rings. The number of hydrogen-bond acceptors (Lipinski definition) is 4. The monoisotopic (exact) mass is 256 g/mol. The molecule has 1 aliphatic heterocycles. The molecule has 0 amide bonds. The van der Waals surface area contributed by atoms with Crippen LogP contribution in [0.4, 0.5) is 0 Å². The van der Waals surface area contributed by atoms with Crippen molar-refractivity contribution >= 4 is 0 Å². The molecule has 2 fully saturated rings. The van der Waals surface area contributed by atoms with E-state index in [0.717, 1.165) is 19.7 Å². The second-order valence-corrected chi connectivity index (χ2v) is 6.00. The van der Waals surface area contributed by atoms with Crippen molar-refractivity contribution in [1.29, 1.82) is 0 Å². The van der Waals surface area contributed by atoms with Gasteiger partial charge in [0, 0.05) is 25.2 Å². The van der Waals surface area contributed by atoms with Crippen LogP contribution >= 0.6 is 0 Å². The summed E-state index contributed by atoms with van der Waals surface area (Å²) in [5, 5.41) is 9.22. The van der Waals surface area contributed by atoms with Gasteiger partial charge in [0.25, 0.3) is 0 Å². The summed E-state index contributed by atoms with van der Waals surface area (Å²) in [5.41, 5.74) is 6.30. The molecule has 18 heavy (non-hydrogen) atoms. The van der Waals surface area contributed by atoms with E-state index in [1.54, 1.807) is 0 Å². The second kappa shape index (κ2) is 6.85. The zero-order valence-corrected chi connectivity index (χ0v) is 11.6. The molecule has 4 atom stereocenters. The van der Waals surface area contributed by atoms with Crippen molar-refractivity contribution in [3.63, 3.8) is 0 Å². The van der Waals surface area contributed by atoms with Crippen LogP contribution < -0.4 is 5.73 Å². The van der Waals surface area contributed by atoms with Gasteiger partial charge in [0.05, 0.1) is 19.3 Å². The largest absolute Gasteiger partial charge is 0.394 e. The highest BCUT2D eigenvalue weighted by molar-refractivity contribution is 4.84. The number of nitrogens with two attached hydrogens (primary N) is 1. The third-order valence-corrected chi connectivity index (χ3v) is 4.53. The van der Waals surface area contributed by atoms with Crippen LogP contribution in [-0.2, 0) is 4.74 Å². The van der Waals surface area contributed by atoms with Crippen LogP contribution in [0.1, 0.15) is 39.0 Å². The summed E-state index contributed by atoms with van der Waals surface area (Å²) in [5.74, 6) is 0.618. The van der Waals surface area contributed by atoms with Crippen molar-refractivity contribution in [3.05, 3.63) is 0 Å². The van der Waals surface area contributed by atoms with Crippen LogP contribution in [0.25, 0.3) is 0 Å². The molecule has 0 aromatic heterocycles. The highest BCUT2D eigenvalue weighted by Crippen LogP contribution is 2.24. The van der Waals surface area contributed by atoms with E-state index < -0.39 is 0 Å². The first-order valence-electron chi connectivity index (χ1n) is 7.42. The van der Waals surface area contributed by atoms with Gasteiger partial charge in [-0.3, -0.25) is 4.90 Å². The van der Waals surface area contributed by atoms with Gasteiger partial charge < -0.3 is 15.6 Å². The third kappa shape index (κ3) is 3.67. The van der Waals surface area contributed by atoms with Crippen molar-refractivity contribution in [1.82, 2.24) is 4.90 Å². The Labute approximate surface area is 110 Å². The first kappa shape index (κ1) is 14.3. The summed E-state index contributed by atoms with van der Waals surface area (Å²) < 4.78 is 5.59. The lowest BCUT2D eigenvalue weighted by Crippen LogP contribution is -2.52. The SMILES string of the molecule is CC1COC(CO)CN1CC1CCCCCC1N. The normalized spacial score (nSPS) is 39.5. The molecular formula is C14H28N2O2. The van der Waals surface area contributed by atoms with E-state index in [9.17, 15) is 5.11 Å². The minimum absolute atomic E-state index is 0.0109. The third-order valence-electron chi connectivity index (χ3n) is 4.53. The van der Waals surface area contributed by atoms with Crippen LogP contribution in [-0.4, -0.2) is 54.5 Å². The average Bonchev–Trinajstić information content (AvgIpc) is 2.58. The summed E-state index contributed by atoms with van der Waals surface area (Å²) in [6.07, 6.45) is 6.36. The van der Waals surface area contributed by atoms with E-state index in [1.165, 1.54) is 32.1 Å². The van der Waals surface area contributed by atoms with Crippen LogP contribution in [0.2, 0.25) is 0 Å². The van der Waals surface area contributed by atoms with Gasteiger partial charge in [-0.15, -0.1) is 0 Å². The summed E-state index contributed by atoms with van der Waals surface area (Å²) in [4.78, 5) is 2.46. The highest BCUT2D eigenvalue weighted by Gasteiger charge is 2.29. The van der Waals surface area contributed by atoms with Gasteiger partial charge >= 0.3 is 0 Å². The van der Waals surface area contributed by atoms with Crippen molar-refractivity contribution in [2.45, 2.75) is 57.2 Å². The Hall–Kier alpha value is -0.160. The summed E-state index contributed by atoms with van der Waals surface area (Å²) in [6.45, 7) is 4.98. The molecule has 0 aromatic rings. The van der Waals surface area contributed by atoms with Crippen LogP contribution in [0.5, 0.6) is 0 Å². The van der Waals surface area contributed by atoms with Crippen LogP contribution in [0, 0.1) is 5.92 Å². The maximum Gasteiger partial charge on any atom is 0.0933 e. The first-order chi connectivity index (χ1) is 8.70. The van der Waals surface area contributed by atoms with Crippen LogP contribution in [0.3, 0.4) is 0 Å². The standard InChI is InChI=1S/C14H28N2O2/c1-11-10-18-13(9-17)8-16(11)7-12-5-3-2-4-6-14(12)15/h11-14,17H,2-10,15H2,1H3. The van der Waals surface area contributed by atoms with E-state index >= 15 is 0 Å². The molecule has 1 saturated heterocycles. The fourth-order valence-corrected chi connectivity index (χ4v) is 3.18. The van der Waals surface area contributed by atoms with Gasteiger partial charge in [-0.25, -0.2) is 0 Å². The summed E-state index contributed by atoms with van der Waals surface area (Å²) >= 11 is 0. The quantitative estimate of drug-likeness (QED) is 0.739. The second-order valence-electron chi connectivity index (χ2n) is 6.00. The topological polar surface area (TPSA) is 58.7 Å². The molecule has 1 heterocycles. The number of morpholine rings is 1. The average molecular weight is 256 g/mol. The first-order valence-corrected chi connectivity index (χ1v) is 7.42. The Bertz CT molecular complexity index is 250. The predicted molar refractivity (Wildman–Crippen MR) is 72.4 cm³/mol. The number of hydrogen-bond donors (Lipinski definition) is 2. The number of nitrogens with zero attached hydrogens (tertiary/aromatic N) is 1. The van der Waals surface area contributed by atoms with Crippen molar-refractivity contribution in [2.75, 3.05) is 26.3 Å². The fourth-order valence-electron chi connectivity index (χ4n) is 3.18. The summed E-state index contributed by atoms with van der Waals surface area (Å²) in [6, 6.07) is 0.804. The lowest BCUT2D eigenvalue weighted by Gasteiger charge is -2.40. The van der Waals surface area contributed by atoms with E-state index in [1.807, 2.05) is 0 Å². The molecule has 0 bridgehead atoms. The zero-order chi connectivity index (χ0) is 13.0. The Morgan fingerprint density at radius 2 is 2.06 bits per heavy atom. The van der Waals surface area contributed by atoms with Crippen molar-refractivity contribution in [2.24, 2.45) is 11.7 Å². The minimum Gasteiger partial charge on any atom is -0.394 e. The van der Waals surface area contributed by atoms with Gasteiger partial charge in [-0.05, 0) is 25.7 Å². The van der Waals surface area contributed by atoms with E-state index in [0.29, 0.717) is 18.0 Å². The molecule has 0 radical (unpaired) electrons. The van der Waals surface area contributed by atoms with Gasteiger partial charge in [-0.1, -0.05) is 19.3 Å². The number of ether oxygens (including phenoxy) is 1. The highest BCUT2D eigenvalue weighted by atomic mass is 16.5. The van der Waals surface area contributed by atoms with Crippen molar-refractivity contribution in [3.8, 4) is 0 Å². The van der Waals surface area contributed by atoms with Gasteiger partial charge in [0.1, 0.15) is 0 Å². The minimum atomic E-state index is -0.0109. The molecular weight excluding hydrogens is 228 g/mol. The number of aliphatic hydroxyl groups excluding tert-OH is 1. The fraction of sp³-hybridized carbons (Fsp3) is 1.00. The molecule has 4 nitrogen and oxygen atoms in total. The van der Waals surface area contributed by atoms with Gasteiger partial charge in [0.15, 0.2) is 0 Å². The molecule has 4 heteroatoms. The Morgan fingerprint density at radius 1 is 1.28 bits per heavy atom. The molecule has 106 valence electrons. The van der Waals surface area contributed by atoms with E-state index in [4.69, 9.17) is 10.5 Å². The van der Waals surface area contributed by atoms with Gasteiger partial charge in [-0.2, -0.15) is 0 Å². The van der Waals surface area contributed by atoms with Gasteiger partial charge in [0.2, 0.25) is 0 Å². The molecule has 3 N–H and O–H groups in total. The molecule has 2 rings (SSSR count). The van der Waals surface area contributed by atoms with Crippen molar-refractivity contribution < 1.29 is 9.84 Å².